The normalized spacial score (nSPS) is 27.9. The summed E-state index contributed by atoms with van der Waals surface area (Å²) >= 11 is 0. The first kappa shape index (κ1) is 12.0. The van der Waals surface area contributed by atoms with Gasteiger partial charge in [-0.15, -0.1) is 0 Å². The Morgan fingerprint density at radius 1 is 1.29 bits per heavy atom. The smallest absolute Gasteiger partial charge is 0.0704 e. The fourth-order valence-corrected chi connectivity index (χ4v) is 1.98. The number of rotatable bonds is 6. The number of hydrogen-bond donors (Lipinski definition) is 1. The van der Waals surface area contributed by atoms with Crippen molar-refractivity contribution < 1.29 is 9.47 Å². The second-order valence-corrected chi connectivity index (χ2v) is 3.84. The van der Waals surface area contributed by atoms with Gasteiger partial charge in [0.05, 0.1) is 19.3 Å². The van der Waals surface area contributed by atoms with E-state index in [4.69, 9.17) is 9.47 Å². The molecule has 0 aromatic rings. The predicted octanol–water partition coefficient (Wildman–Crippen LogP) is 1.57. The minimum atomic E-state index is 0.446. The van der Waals surface area contributed by atoms with Crippen LogP contribution in [0.1, 0.15) is 32.6 Å². The maximum absolute atomic E-state index is 5.75. The van der Waals surface area contributed by atoms with E-state index < -0.39 is 0 Å². The second kappa shape index (κ2) is 7.21. The molecule has 0 radical (unpaired) electrons. The van der Waals surface area contributed by atoms with Crippen LogP contribution in [-0.4, -0.2) is 39.0 Å². The zero-order valence-corrected chi connectivity index (χ0v) is 9.42. The van der Waals surface area contributed by atoms with Crippen LogP contribution in [0.15, 0.2) is 0 Å². The van der Waals surface area contributed by atoms with E-state index in [2.05, 4.69) is 5.32 Å². The molecule has 1 aliphatic rings. The zero-order chi connectivity index (χ0) is 10.2. The largest absolute Gasteiger partial charge is 0.379 e. The SMILES string of the molecule is CCOCCOC1CCCC(NC)C1. The van der Waals surface area contributed by atoms with Gasteiger partial charge in [-0.1, -0.05) is 0 Å². The summed E-state index contributed by atoms with van der Waals surface area (Å²) in [6.07, 6.45) is 5.39. The van der Waals surface area contributed by atoms with E-state index in [1.165, 1.54) is 19.3 Å². The maximum atomic E-state index is 5.75. The van der Waals surface area contributed by atoms with Crippen LogP contribution in [0, 0.1) is 0 Å². The lowest BCUT2D eigenvalue weighted by Crippen LogP contribution is -2.35. The molecule has 3 heteroatoms. The van der Waals surface area contributed by atoms with Gasteiger partial charge in [0, 0.05) is 12.6 Å². The van der Waals surface area contributed by atoms with Crippen molar-refractivity contribution in [1.82, 2.24) is 5.32 Å². The van der Waals surface area contributed by atoms with Crippen molar-refractivity contribution in [3.05, 3.63) is 0 Å². The van der Waals surface area contributed by atoms with Crippen LogP contribution in [0.3, 0.4) is 0 Å². The molecular weight excluding hydrogens is 178 g/mol. The summed E-state index contributed by atoms with van der Waals surface area (Å²) in [7, 11) is 2.03. The fraction of sp³-hybridized carbons (Fsp3) is 1.00. The van der Waals surface area contributed by atoms with E-state index in [0.29, 0.717) is 12.1 Å². The van der Waals surface area contributed by atoms with Gasteiger partial charge in [-0.05, 0) is 39.7 Å². The van der Waals surface area contributed by atoms with Crippen molar-refractivity contribution in [1.29, 1.82) is 0 Å². The molecule has 1 aliphatic carbocycles. The lowest BCUT2D eigenvalue weighted by atomic mass is 9.93. The summed E-state index contributed by atoms with van der Waals surface area (Å²) in [4.78, 5) is 0. The molecule has 84 valence electrons. The molecule has 0 aromatic heterocycles. The molecule has 1 saturated carbocycles. The first-order chi connectivity index (χ1) is 6.86. The topological polar surface area (TPSA) is 30.5 Å². The van der Waals surface area contributed by atoms with Crippen molar-refractivity contribution in [3.8, 4) is 0 Å². The third-order valence-corrected chi connectivity index (χ3v) is 2.82. The van der Waals surface area contributed by atoms with Gasteiger partial charge in [-0.3, -0.25) is 0 Å². The Morgan fingerprint density at radius 3 is 2.86 bits per heavy atom. The minimum Gasteiger partial charge on any atom is -0.379 e. The molecule has 2 atom stereocenters. The lowest BCUT2D eigenvalue weighted by molar-refractivity contribution is -0.0129. The van der Waals surface area contributed by atoms with E-state index in [9.17, 15) is 0 Å². The van der Waals surface area contributed by atoms with Crippen LogP contribution in [0.2, 0.25) is 0 Å². The molecule has 0 aliphatic heterocycles. The summed E-state index contributed by atoms with van der Waals surface area (Å²) in [6.45, 7) is 4.27. The van der Waals surface area contributed by atoms with Gasteiger partial charge in [0.15, 0.2) is 0 Å². The number of hydrogen-bond acceptors (Lipinski definition) is 3. The Labute approximate surface area is 87.2 Å². The minimum absolute atomic E-state index is 0.446. The van der Waals surface area contributed by atoms with Crippen molar-refractivity contribution in [2.45, 2.75) is 44.8 Å². The highest BCUT2D eigenvalue weighted by Gasteiger charge is 2.20. The summed E-state index contributed by atoms with van der Waals surface area (Å²) in [5.41, 5.74) is 0. The van der Waals surface area contributed by atoms with Gasteiger partial charge in [0.25, 0.3) is 0 Å². The molecule has 1 rings (SSSR count). The van der Waals surface area contributed by atoms with Gasteiger partial charge in [0.2, 0.25) is 0 Å². The van der Waals surface area contributed by atoms with Crippen molar-refractivity contribution in [2.24, 2.45) is 0 Å². The van der Waals surface area contributed by atoms with Crippen LogP contribution < -0.4 is 5.32 Å². The van der Waals surface area contributed by atoms with Crippen molar-refractivity contribution in [3.63, 3.8) is 0 Å². The first-order valence-corrected chi connectivity index (χ1v) is 5.73. The second-order valence-electron chi connectivity index (χ2n) is 3.84. The van der Waals surface area contributed by atoms with Crippen LogP contribution in [0.4, 0.5) is 0 Å². The van der Waals surface area contributed by atoms with E-state index in [0.717, 1.165) is 26.2 Å². The summed E-state index contributed by atoms with van der Waals surface area (Å²) < 4.78 is 11.0. The molecule has 14 heavy (non-hydrogen) atoms. The van der Waals surface area contributed by atoms with Gasteiger partial charge in [-0.2, -0.15) is 0 Å². The molecule has 0 aromatic carbocycles. The molecule has 0 bridgehead atoms. The van der Waals surface area contributed by atoms with E-state index in [1.54, 1.807) is 0 Å². The highest BCUT2D eigenvalue weighted by atomic mass is 16.5. The van der Waals surface area contributed by atoms with Crippen LogP contribution >= 0.6 is 0 Å². The van der Waals surface area contributed by atoms with Gasteiger partial charge < -0.3 is 14.8 Å². The van der Waals surface area contributed by atoms with Crippen LogP contribution in [0.5, 0.6) is 0 Å². The molecule has 1 fully saturated rings. The van der Waals surface area contributed by atoms with Crippen molar-refractivity contribution in [2.75, 3.05) is 26.9 Å². The lowest BCUT2D eigenvalue weighted by Gasteiger charge is -2.28. The average molecular weight is 201 g/mol. The molecule has 0 heterocycles. The molecule has 0 saturated heterocycles. The summed E-state index contributed by atoms with van der Waals surface area (Å²) in [5, 5.41) is 3.32. The highest BCUT2D eigenvalue weighted by Crippen LogP contribution is 2.20. The van der Waals surface area contributed by atoms with Gasteiger partial charge in [-0.25, -0.2) is 0 Å². The Morgan fingerprint density at radius 2 is 2.14 bits per heavy atom. The Hall–Kier alpha value is -0.120. The standard InChI is InChI=1S/C11H23NO2/c1-3-13-7-8-14-11-6-4-5-10(9-11)12-2/h10-12H,3-9H2,1-2H3. The maximum Gasteiger partial charge on any atom is 0.0704 e. The van der Waals surface area contributed by atoms with Crippen LogP contribution in [0.25, 0.3) is 0 Å². The van der Waals surface area contributed by atoms with E-state index in [1.807, 2.05) is 14.0 Å². The number of ether oxygens (including phenoxy) is 2. The quantitative estimate of drug-likeness (QED) is 0.662. The zero-order valence-electron chi connectivity index (χ0n) is 9.42. The molecule has 2 unspecified atom stereocenters. The van der Waals surface area contributed by atoms with E-state index in [-0.39, 0.29) is 0 Å². The highest BCUT2D eigenvalue weighted by molar-refractivity contribution is 4.77. The first-order valence-electron chi connectivity index (χ1n) is 5.73. The van der Waals surface area contributed by atoms with Crippen molar-refractivity contribution >= 4 is 0 Å². The van der Waals surface area contributed by atoms with Gasteiger partial charge >= 0.3 is 0 Å². The summed E-state index contributed by atoms with van der Waals surface area (Å²) in [6, 6.07) is 0.654. The van der Waals surface area contributed by atoms with Gasteiger partial charge in [0.1, 0.15) is 0 Å². The average Bonchev–Trinajstić information content (AvgIpc) is 2.25. The molecule has 0 spiro atoms. The molecular formula is C11H23NO2. The third-order valence-electron chi connectivity index (χ3n) is 2.82. The predicted molar refractivity (Wildman–Crippen MR) is 57.5 cm³/mol. The molecule has 3 nitrogen and oxygen atoms in total. The summed E-state index contributed by atoms with van der Waals surface area (Å²) in [5.74, 6) is 0. The Bertz CT molecular complexity index is 141. The monoisotopic (exact) mass is 201 g/mol. The third kappa shape index (κ3) is 4.40. The molecule has 1 N–H and O–H groups in total. The fourth-order valence-electron chi connectivity index (χ4n) is 1.98. The van der Waals surface area contributed by atoms with E-state index >= 15 is 0 Å². The van der Waals surface area contributed by atoms with Crippen LogP contribution in [-0.2, 0) is 9.47 Å². The Balaban J connectivity index is 2.05. The molecule has 0 amide bonds. The number of nitrogens with one attached hydrogen (secondary N) is 1. The Kier molecular flexibility index (Phi) is 6.15.